The molecule has 1 saturated heterocycles. The third kappa shape index (κ3) is 2.44. The van der Waals surface area contributed by atoms with Gasteiger partial charge in [0.1, 0.15) is 0 Å². The highest BCUT2D eigenvalue weighted by Crippen LogP contribution is 2.38. The molecule has 3 rings (SSSR count). The number of para-hydroxylation sites is 1. The number of anilines is 1. The second-order valence-corrected chi connectivity index (χ2v) is 5.44. The van der Waals surface area contributed by atoms with Crippen LogP contribution in [0, 0.1) is 0 Å². The van der Waals surface area contributed by atoms with Gasteiger partial charge in [-0.2, -0.15) is 0 Å². The van der Waals surface area contributed by atoms with Crippen LogP contribution >= 0.6 is 11.6 Å². The molecule has 0 radical (unpaired) electrons. The predicted octanol–water partition coefficient (Wildman–Crippen LogP) is 4.60. The van der Waals surface area contributed by atoms with Gasteiger partial charge in [-0.05, 0) is 36.6 Å². The molecule has 2 aromatic carbocycles. The van der Waals surface area contributed by atoms with Crippen molar-refractivity contribution in [3.8, 4) is 0 Å². The van der Waals surface area contributed by atoms with Crippen molar-refractivity contribution >= 4 is 23.2 Å². The van der Waals surface area contributed by atoms with Gasteiger partial charge < -0.3 is 4.90 Å². The van der Waals surface area contributed by atoms with Crippen molar-refractivity contribution in [3.63, 3.8) is 0 Å². The second kappa shape index (κ2) is 5.68. The summed E-state index contributed by atoms with van der Waals surface area (Å²) in [6.07, 6.45) is 2.47. The van der Waals surface area contributed by atoms with E-state index in [0.29, 0.717) is 6.42 Å². The zero-order valence-corrected chi connectivity index (χ0v) is 11.9. The Labute approximate surface area is 124 Å². The summed E-state index contributed by atoms with van der Waals surface area (Å²) in [5.41, 5.74) is 1.98. The first-order valence-corrected chi connectivity index (χ1v) is 7.26. The standard InChI is InChI=1S/C17H16ClNO/c18-15-10-5-4-9-14(15)16-11-6-12-17(20)19(16)13-7-2-1-3-8-13/h1-5,7-10,16H,6,11-12H2. The Morgan fingerprint density at radius 1 is 1.00 bits per heavy atom. The SMILES string of the molecule is O=C1CCCC(c2ccccc2Cl)N1c1ccccc1. The molecular weight excluding hydrogens is 270 g/mol. The average Bonchev–Trinajstić information content (AvgIpc) is 2.48. The minimum absolute atomic E-state index is 0.0346. The van der Waals surface area contributed by atoms with E-state index >= 15 is 0 Å². The molecule has 0 N–H and O–H groups in total. The van der Waals surface area contributed by atoms with Crippen LogP contribution in [0.3, 0.4) is 0 Å². The molecule has 1 heterocycles. The maximum absolute atomic E-state index is 12.4. The maximum atomic E-state index is 12.4. The summed E-state index contributed by atoms with van der Waals surface area (Å²) in [5, 5.41) is 0.730. The number of hydrogen-bond acceptors (Lipinski definition) is 1. The quantitative estimate of drug-likeness (QED) is 0.790. The summed E-state index contributed by atoms with van der Waals surface area (Å²) in [6.45, 7) is 0. The molecule has 1 atom stereocenters. The number of carbonyl (C=O) groups is 1. The normalized spacial score (nSPS) is 19.1. The summed E-state index contributed by atoms with van der Waals surface area (Å²) >= 11 is 6.32. The molecule has 0 spiro atoms. The van der Waals surface area contributed by atoms with Gasteiger partial charge in [0.25, 0.3) is 0 Å². The summed E-state index contributed by atoms with van der Waals surface area (Å²) < 4.78 is 0. The Balaban J connectivity index is 2.04. The molecule has 3 heteroatoms. The third-order valence-corrected chi connectivity index (χ3v) is 4.09. The van der Waals surface area contributed by atoms with Crippen molar-refractivity contribution < 1.29 is 4.79 Å². The van der Waals surface area contributed by atoms with E-state index in [4.69, 9.17) is 11.6 Å². The number of rotatable bonds is 2. The van der Waals surface area contributed by atoms with Crippen LogP contribution in [0.25, 0.3) is 0 Å². The van der Waals surface area contributed by atoms with Crippen LogP contribution in [0.15, 0.2) is 54.6 Å². The number of nitrogens with zero attached hydrogens (tertiary/aromatic N) is 1. The molecule has 20 heavy (non-hydrogen) atoms. The van der Waals surface area contributed by atoms with Crippen LogP contribution in [-0.2, 0) is 4.79 Å². The Hall–Kier alpha value is -1.80. The zero-order valence-electron chi connectivity index (χ0n) is 11.1. The van der Waals surface area contributed by atoms with Crippen LogP contribution in [0.5, 0.6) is 0 Å². The van der Waals surface area contributed by atoms with Crippen molar-refractivity contribution in [2.75, 3.05) is 4.90 Å². The Kier molecular flexibility index (Phi) is 3.75. The topological polar surface area (TPSA) is 20.3 Å². The molecule has 1 aliphatic rings. The Bertz CT molecular complexity index is 611. The van der Waals surface area contributed by atoms with Crippen LogP contribution in [0.1, 0.15) is 30.9 Å². The smallest absolute Gasteiger partial charge is 0.227 e. The van der Waals surface area contributed by atoms with Crippen LogP contribution in [0.2, 0.25) is 5.02 Å². The highest BCUT2D eigenvalue weighted by atomic mass is 35.5. The molecule has 2 aromatic rings. The number of piperidine rings is 1. The first kappa shape index (κ1) is 13.2. The molecule has 102 valence electrons. The lowest BCUT2D eigenvalue weighted by molar-refractivity contribution is -0.120. The highest BCUT2D eigenvalue weighted by molar-refractivity contribution is 6.31. The molecule has 0 saturated carbocycles. The van der Waals surface area contributed by atoms with Crippen molar-refractivity contribution in [2.45, 2.75) is 25.3 Å². The van der Waals surface area contributed by atoms with E-state index in [-0.39, 0.29) is 11.9 Å². The fourth-order valence-electron chi connectivity index (χ4n) is 2.82. The number of benzene rings is 2. The maximum Gasteiger partial charge on any atom is 0.227 e. The van der Waals surface area contributed by atoms with E-state index in [0.717, 1.165) is 29.1 Å². The van der Waals surface area contributed by atoms with E-state index in [2.05, 4.69) is 0 Å². The molecule has 0 aliphatic carbocycles. The highest BCUT2D eigenvalue weighted by Gasteiger charge is 2.31. The van der Waals surface area contributed by atoms with Crippen LogP contribution in [-0.4, -0.2) is 5.91 Å². The lowest BCUT2D eigenvalue weighted by Crippen LogP contribution is -2.38. The van der Waals surface area contributed by atoms with Gasteiger partial charge >= 0.3 is 0 Å². The molecule has 0 bridgehead atoms. The molecule has 1 aliphatic heterocycles. The largest absolute Gasteiger partial charge is 0.305 e. The Morgan fingerprint density at radius 2 is 1.70 bits per heavy atom. The van der Waals surface area contributed by atoms with Gasteiger partial charge in [-0.3, -0.25) is 4.79 Å². The van der Waals surface area contributed by atoms with E-state index < -0.39 is 0 Å². The van der Waals surface area contributed by atoms with Gasteiger partial charge in [0.05, 0.1) is 6.04 Å². The van der Waals surface area contributed by atoms with E-state index in [9.17, 15) is 4.79 Å². The first-order chi connectivity index (χ1) is 9.77. The molecule has 0 aromatic heterocycles. The van der Waals surface area contributed by atoms with Gasteiger partial charge in [0.15, 0.2) is 0 Å². The molecular formula is C17H16ClNO. The van der Waals surface area contributed by atoms with E-state index in [1.807, 2.05) is 59.5 Å². The second-order valence-electron chi connectivity index (χ2n) is 5.03. The summed E-state index contributed by atoms with van der Waals surface area (Å²) in [7, 11) is 0. The zero-order chi connectivity index (χ0) is 13.9. The minimum Gasteiger partial charge on any atom is -0.305 e. The predicted molar refractivity (Wildman–Crippen MR) is 82.0 cm³/mol. The van der Waals surface area contributed by atoms with Gasteiger partial charge in [0, 0.05) is 17.1 Å². The fraction of sp³-hybridized carbons (Fsp3) is 0.235. The van der Waals surface area contributed by atoms with Crippen molar-refractivity contribution in [1.29, 1.82) is 0 Å². The number of amides is 1. The fourth-order valence-corrected chi connectivity index (χ4v) is 3.08. The summed E-state index contributed by atoms with van der Waals surface area (Å²) in [6, 6.07) is 17.7. The molecule has 1 fully saturated rings. The van der Waals surface area contributed by atoms with Gasteiger partial charge in [-0.25, -0.2) is 0 Å². The molecule has 2 nitrogen and oxygen atoms in total. The van der Waals surface area contributed by atoms with Gasteiger partial charge in [-0.1, -0.05) is 48.0 Å². The van der Waals surface area contributed by atoms with Crippen molar-refractivity contribution in [1.82, 2.24) is 0 Å². The van der Waals surface area contributed by atoms with Crippen LogP contribution < -0.4 is 4.90 Å². The summed E-state index contributed by atoms with van der Waals surface area (Å²) in [4.78, 5) is 14.3. The van der Waals surface area contributed by atoms with Crippen molar-refractivity contribution in [3.05, 3.63) is 65.2 Å². The van der Waals surface area contributed by atoms with E-state index in [1.54, 1.807) is 0 Å². The molecule has 1 unspecified atom stereocenters. The number of hydrogen-bond donors (Lipinski definition) is 0. The summed E-state index contributed by atoms with van der Waals surface area (Å²) in [5.74, 6) is 0.173. The van der Waals surface area contributed by atoms with Gasteiger partial charge in [-0.15, -0.1) is 0 Å². The Morgan fingerprint density at radius 3 is 2.45 bits per heavy atom. The first-order valence-electron chi connectivity index (χ1n) is 6.89. The van der Waals surface area contributed by atoms with Crippen molar-refractivity contribution in [2.24, 2.45) is 0 Å². The number of halogens is 1. The average molecular weight is 286 g/mol. The molecule has 1 amide bonds. The van der Waals surface area contributed by atoms with E-state index in [1.165, 1.54) is 0 Å². The van der Waals surface area contributed by atoms with Crippen LogP contribution in [0.4, 0.5) is 5.69 Å². The lowest BCUT2D eigenvalue weighted by Gasteiger charge is -2.36. The lowest BCUT2D eigenvalue weighted by atomic mass is 9.94. The number of carbonyl (C=O) groups excluding carboxylic acids is 1. The van der Waals surface area contributed by atoms with Gasteiger partial charge in [0.2, 0.25) is 5.91 Å². The monoisotopic (exact) mass is 285 g/mol. The third-order valence-electron chi connectivity index (χ3n) is 3.75. The minimum atomic E-state index is 0.0346.